The Labute approximate surface area is 142 Å². The van der Waals surface area contributed by atoms with E-state index in [1.807, 2.05) is 13.0 Å². The quantitative estimate of drug-likeness (QED) is 0.730. The summed E-state index contributed by atoms with van der Waals surface area (Å²) in [5, 5.41) is 0. The minimum atomic E-state index is -0.0440. The molecule has 3 nitrogen and oxygen atoms in total. The summed E-state index contributed by atoms with van der Waals surface area (Å²) < 4.78 is 2.12. The molecule has 0 aliphatic rings. The summed E-state index contributed by atoms with van der Waals surface area (Å²) >= 11 is 5.26. The lowest BCUT2D eigenvalue weighted by Crippen LogP contribution is -2.18. The molecule has 3 aromatic rings. The molecule has 2 heterocycles. The van der Waals surface area contributed by atoms with Gasteiger partial charge in [-0.1, -0.05) is 49.0 Å². The van der Waals surface area contributed by atoms with Crippen molar-refractivity contribution in [3.05, 3.63) is 58.9 Å². The Hall–Kier alpha value is -2.20. The van der Waals surface area contributed by atoms with E-state index >= 15 is 0 Å². The number of benzene rings is 1. The van der Waals surface area contributed by atoms with Gasteiger partial charge in [0, 0.05) is 17.7 Å². The molecule has 0 fully saturated rings. The normalized spacial score (nSPS) is 12.5. The van der Waals surface area contributed by atoms with Crippen LogP contribution in [0.1, 0.15) is 35.2 Å². The summed E-state index contributed by atoms with van der Waals surface area (Å²) in [5.74, 6) is -0.0440. The number of imidazole rings is 1. The second-order valence-corrected chi connectivity index (χ2v) is 6.69. The van der Waals surface area contributed by atoms with E-state index in [1.54, 1.807) is 0 Å². The summed E-state index contributed by atoms with van der Waals surface area (Å²) in [6, 6.07) is 10.5. The summed E-state index contributed by atoms with van der Waals surface area (Å²) in [6.45, 7) is 8.34. The Morgan fingerprint density at radius 3 is 2.48 bits per heavy atom. The van der Waals surface area contributed by atoms with Crippen LogP contribution in [0.15, 0.2) is 36.5 Å². The van der Waals surface area contributed by atoms with E-state index in [9.17, 15) is 0 Å². The molecule has 4 heteroatoms. The fourth-order valence-electron chi connectivity index (χ4n) is 3.00. The van der Waals surface area contributed by atoms with Crippen molar-refractivity contribution in [3.8, 4) is 11.3 Å². The van der Waals surface area contributed by atoms with Gasteiger partial charge in [0.15, 0.2) is 0 Å². The first-order valence-electron chi connectivity index (χ1n) is 7.74. The SMILES string of the molecule is Cc1ccc(-c2nc3ccc(C)cn3c2C(C)C(N)=S)c(C)c1. The summed E-state index contributed by atoms with van der Waals surface area (Å²) in [4.78, 5) is 5.35. The number of aromatic nitrogens is 2. The number of pyridine rings is 1. The van der Waals surface area contributed by atoms with Crippen molar-refractivity contribution < 1.29 is 0 Å². The first-order chi connectivity index (χ1) is 10.9. The Kier molecular flexibility index (Phi) is 3.94. The zero-order chi connectivity index (χ0) is 16.7. The standard InChI is InChI=1S/C19H21N3S/c1-11-5-7-15(13(3)9-11)17-18(14(4)19(20)23)22-10-12(2)6-8-16(22)21-17/h5-10,14H,1-4H3,(H2,20,23). The smallest absolute Gasteiger partial charge is 0.137 e. The maximum absolute atomic E-state index is 5.96. The lowest BCUT2D eigenvalue weighted by molar-refractivity contribution is 0.926. The molecular weight excluding hydrogens is 302 g/mol. The molecule has 118 valence electrons. The monoisotopic (exact) mass is 323 g/mol. The second-order valence-electron chi connectivity index (χ2n) is 6.22. The lowest BCUT2D eigenvalue weighted by Gasteiger charge is -2.14. The molecule has 1 unspecified atom stereocenters. The van der Waals surface area contributed by atoms with Gasteiger partial charge in [0.2, 0.25) is 0 Å². The van der Waals surface area contributed by atoms with E-state index < -0.39 is 0 Å². The highest BCUT2D eigenvalue weighted by molar-refractivity contribution is 7.80. The van der Waals surface area contributed by atoms with E-state index in [-0.39, 0.29) is 5.92 Å². The predicted octanol–water partition coefficient (Wildman–Crippen LogP) is 4.32. The van der Waals surface area contributed by atoms with Crippen molar-refractivity contribution in [2.24, 2.45) is 5.73 Å². The van der Waals surface area contributed by atoms with Crippen molar-refractivity contribution in [2.75, 3.05) is 0 Å². The van der Waals surface area contributed by atoms with E-state index in [1.165, 1.54) is 16.7 Å². The Balaban J connectivity index is 2.35. The summed E-state index contributed by atoms with van der Waals surface area (Å²) in [5.41, 5.74) is 13.7. The van der Waals surface area contributed by atoms with Crippen LogP contribution >= 0.6 is 12.2 Å². The lowest BCUT2D eigenvalue weighted by atomic mass is 9.97. The molecule has 0 saturated carbocycles. The zero-order valence-corrected chi connectivity index (χ0v) is 14.7. The van der Waals surface area contributed by atoms with Crippen LogP contribution < -0.4 is 5.73 Å². The van der Waals surface area contributed by atoms with E-state index in [2.05, 4.69) is 55.6 Å². The molecule has 2 N–H and O–H groups in total. The number of fused-ring (bicyclic) bond motifs is 1. The molecule has 23 heavy (non-hydrogen) atoms. The van der Waals surface area contributed by atoms with Crippen LogP contribution in [0.3, 0.4) is 0 Å². The summed E-state index contributed by atoms with van der Waals surface area (Å²) in [6.07, 6.45) is 2.10. The topological polar surface area (TPSA) is 43.3 Å². The molecule has 3 rings (SSSR count). The maximum Gasteiger partial charge on any atom is 0.137 e. The van der Waals surface area contributed by atoms with Crippen molar-refractivity contribution in [2.45, 2.75) is 33.6 Å². The first-order valence-corrected chi connectivity index (χ1v) is 8.15. The molecule has 1 aromatic carbocycles. The Bertz CT molecular complexity index is 908. The zero-order valence-electron chi connectivity index (χ0n) is 13.9. The fourth-order valence-corrected chi connectivity index (χ4v) is 3.11. The molecule has 2 aromatic heterocycles. The molecule has 0 radical (unpaired) electrons. The molecule has 0 amide bonds. The van der Waals surface area contributed by atoms with E-state index in [0.717, 1.165) is 22.6 Å². The second kappa shape index (κ2) is 5.78. The van der Waals surface area contributed by atoms with E-state index in [4.69, 9.17) is 22.9 Å². The Morgan fingerprint density at radius 1 is 1.13 bits per heavy atom. The van der Waals surface area contributed by atoms with Gasteiger partial charge in [-0.3, -0.25) is 0 Å². The molecular formula is C19H21N3S. The van der Waals surface area contributed by atoms with Crippen molar-refractivity contribution >= 4 is 22.9 Å². The van der Waals surface area contributed by atoms with Crippen LogP contribution in [-0.4, -0.2) is 14.4 Å². The molecule has 1 atom stereocenters. The van der Waals surface area contributed by atoms with Gasteiger partial charge in [0.1, 0.15) is 5.65 Å². The number of hydrogen-bond acceptors (Lipinski definition) is 2. The van der Waals surface area contributed by atoms with Gasteiger partial charge in [-0.05, 0) is 38.0 Å². The number of nitrogens with zero attached hydrogens (tertiary/aromatic N) is 2. The average Bonchev–Trinajstić information content (AvgIpc) is 2.84. The van der Waals surface area contributed by atoms with Gasteiger partial charge < -0.3 is 10.1 Å². The third kappa shape index (κ3) is 2.75. The molecule has 0 spiro atoms. The third-order valence-electron chi connectivity index (χ3n) is 4.28. The fraction of sp³-hybridized carbons (Fsp3) is 0.263. The minimum absolute atomic E-state index is 0.0440. The predicted molar refractivity (Wildman–Crippen MR) is 100 cm³/mol. The number of aryl methyl sites for hydroxylation is 3. The molecule has 0 bridgehead atoms. The Morgan fingerprint density at radius 2 is 1.83 bits per heavy atom. The van der Waals surface area contributed by atoms with Gasteiger partial charge in [-0.2, -0.15) is 0 Å². The van der Waals surface area contributed by atoms with Crippen LogP contribution in [0, 0.1) is 20.8 Å². The summed E-state index contributed by atoms with van der Waals surface area (Å²) in [7, 11) is 0. The van der Waals surface area contributed by atoms with Gasteiger partial charge in [-0.15, -0.1) is 0 Å². The highest BCUT2D eigenvalue weighted by atomic mass is 32.1. The van der Waals surface area contributed by atoms with E-state index in [0.29, 0.717) is 4.99 Å². The van der Waals surface area contributed by atoms with Crippen LogP contribution in [0.4, 0.5) is 0 Å². The number of rotatable bonds is 3. The van der Waals surface area contributed by atoms with Gasteiger partial charge in [0.05, 0.1) is 16.4 Å². The third-order valence-corrected chi connectivity index (χ3v) is 4.63. The van der Waals surface area contributed by atoms with Crippen LogP contribution in [0.2, 0.25) is 0 Å². The van der Waals surface area contributed by atoms with Crippen LogP contribution in [0.5, 0.6) is 0 Å². The van der Waals surface area contributed by atoms with Gasteiger partial charge in [-0.25, -0.2) is 4.98 Å². The van der Waals surface area contributed by atoms with Crippen molar-refractivity contribution in [1.82, 2.24) is 9.38 Å². The van der Waals surface area contributed by atoms with Crippen molar-refractivity contribution in [3.63, 3.8) is 0 Å². The van der Waals surface area contributed by atoms with Gasteiger partial charge >= 0.3 is 0 Å². The van der Waals surface area contributed by atoms with Crippen LogP contribution in [0.25, 0.3) is 16.9 Å². The molecule has 0 aliphatic heterocycles. The molecule has 0 aliphatic carbocycles. The van der Waals surface area contributed by atoms with Gasteiger partial charge in [0.25, 0.3) is 0 Å². The number of nitrogens with two attached hydrogens (primary N) is 1. The minimum Gasteiger partial charge on any atom is -0.393 e. The largest absolute Gasteiger partial charge is 0.393 e. The average molecular weight is 323 g/mol. The van der Waals surface area contributed by atoms with Crippen molar-refractivity contribution in [1.29, 1.82) is 0 Å². The van der Waals surface area contributed by atoms with Crippen LogP contribution in [-0.2, 0) is 0 Å². The highest BCUT2D eigenvalue weighted by Gasteiger charge is 2.22. The number of thiocarbonyl (C=S) groups is 1. The highest BCUT2D eigenvalue weighted by Crippen LogP contribution is 2.32. The molecule has 0 saturated heterocycles. The first kappa shape index (κ1) is 15.7. The number of hydrogen-bond donors (Lipinski definition) is 1. The maximum atomic E-state index is 5.96.